The summed E-state index contributed by atoms with van der Waals surface area (Å²) in [6, 6.07) is 6.33. The van der Waals surface area contributed by atoms with Crippen molar-refractivity contribution in [3.8, 4) is 0 Å². The van der Waals surface area contributed by atoms with Crippen LogP contribution in [0.5, 0.6) is 0 Å². The minimum Gasteiger partial charge on any atom is -0.405 e. The maximum absolute atomic E-state index is 5.30. The molecule has 1 heteroatoms. The van der Waals surface area contributed by atoms with Gasteiger partial charge in [0.25, 0.3) is 0 Å². The van der Waals surface area contributed by atoms with Crippen LogP contribution >= 0.6 is 0 Å². The SMILES string of the molecule is Cc1ccc(C)c(/C=C\N)c1.[HH]. The van der Waals surface area contributed by atoms with Crippen molar-refractivity contribution >= 4 is 6.08 Å². The molecule has 0 spiro atoms. The molecule has 0 aliphatic carbocycles. The second kappa shape index (κ2) is 3.24. The summed E-state index contributed by atoms with van der Waals surface area (Å²) in [5, 5.41) is 0. The Morgan fingerprint density at radius 3 is 2.73 bits per heavy atom. The minimum absolute atomic E-state index is 0. The summed E-state index contributed by atoms with van der Waals surface area (Å²) >= 11 is 0. The topological polar surface area (TPSA) is 26.0 Å². The highest BCUT2D eigenvalue weighted by atomic mass is 14.5. The van der Waals surface area contributed by atoms with Gasteiger partial charge in [0.2, 0.25) is 0 Å². The predicted octanol–water partition coefficient (Wildman–Crippen LogP) is 2.48. The van der Waals surface area contributed by atoms with Crippen LogP contribution in [0.4, 0.5) is 0 Å². The van der Waals surface area contributed by atoms with Gasteiger partial charge in [0.1, 0.15) is 0 Å². The van der Waals surface area contributed by atoms with E-state index in [4.69, 9.17) is 5.73 Å². The van der Waals surface area contributed by atoms with E-state index >= 15 is 0 Å². The second-order valence-electron chi connectivity index (χ2n) is 2.72. The van der Waals surface area contributed by atoms with Gasteiger partial charge in [-0.25, -0.2) is 0 Å². The zero-order valence-electron chi connectivity index (χ0n) is 6.96. The van der Waals surface area contributed by atoms with Gasteiger partial charge >= 0.3 is 0 Å². The Balaban J connectivity index is 0.00000121. The highest BCUT2D eigenvalue weighted by Gasteiger charge is 1.92. The van der Waals surface area contributed by atoms with Gasteiger partial charge in [-0.15, -0.1) is 0 Å². The van der Waals surface area contributed by atoms with Gasteiger partial charge in [-0.2, -0.15) is 0 Å². The number of aryl methyl sites for hydroxylation is 2. The molecule has 1 aromatic rings. The second-order valence-corrected chi connectivity index (χ2v) is 2.72. The molecule has 0 saturated carbocycles. The zero-order valence-corrected chi connectivity index (χ0v) is 6.96. The highest BCUT2D eigenvalue weighted by molar-refractivity contribution is 5.54. The standard InChI is InChI=1S/C10H13N.H2/c1-8-3-4-9(2)10(7-8)5-6-11;/h3-7H,11H2,1-2H3;1H/b6-5-;. The summed E-state index contributed by atoms with van der Waals surface area (Å²) in [7, 11) is 0. The first-order valence-electron chi connectivity index (χ1n) is 3.69. The molecule has 1 nitrogen and oxygen atoms in total. The van der Waals surface area contributed by atoms with Crippen molar-refractivity contribution in [1.82, 2.24) is 0 Å². The molecular formula is C10H15N. The molecule has 0 aliphatic rings. The maximum atomic E-state index is 5.30. The monoisotopic (exact) mass is 149 g/mol. The molecule has 1 aromatic carbocycles. The van der Waals surface area contributed by atoms with Crippen LogP contribution < -0.4 is 5.73 Å². The Labute approximate surface area is 69.0 Å². The third kappa shape index (κ3) is 1.84. The zero-order chi connectivity index (χ0) is 8.27. The number of hydrogen-bond acceptors (Lipinski definition) is 1. The van der Waals surface area contributed by atoms with E-state index in [1.807, 2.05) is 6.08 Å². The van der Waals surface area contributed by atoms with Crippen molar-refractivity contribution in [3.63, 3.8) is 0 Å². The summed E-state index contributed by atoms with van der Waals surface area (Å²) in [5.41, 5.74) is 9.03. The lowest BCUT2D eigenvalue weighted by Crippen LogP contribution is -1.83. The van der Waals surface area contributed by atoms with Crippen LogP contribution in [0.1, 0.15) is 18.1 Å². The van der Waals surface area contributed by atoms with E-state index in [2.05, 4.69) is 32.0 Å². The molecule has 0 aliphatic heterocycles. The fraction of sp³-hybridized carbons (Fsp3) is 0.200. The number of benzene rings is 1. The van der Waals surface area contributed by atoms with Gasteiger partial charge in [-0.05, 0) is 37.3 Å². The molecule has 0 fully saturated rings. The lowest BCUT2D eigenvalue weighted by atomic mass is 10.1. The summed E-state index contributed by atoms with van der Waals surface area (Å²) in [6.45, 7) is 4.15. The van der Waals surface area contributed by atoms with Crippen LogP contribution in [-0.2, 0) is 0 Å². The summed E-state index contributed by atoms with van der Waals surface area (Å²) in [4.78, 5) is 0. The molecule has 0 amide bonds. The molecule has 1 rings (SSSR count). The average Bonchev–Trinajstić information content (AvgIpc) is 1.98. The van der Waals surface area contributed by atoms with Crippen molar-refractivity contribution in [2.75, 3.05) is 0 Å². The highest BCUT2D eigenvalue weighted by Crippen LogP contribution is 2.11. The van der Waals surface area contributed by atoms with Crippen LogP contribution in [-0.4, -0.2) is 0 Å². The molecule has 11 heavy (non-hydrogen) atoms. The molecule has 0 saturated heterocycles. The summed E-state index contributed by atoms with van der Waals surface area (Å²) in [6.07, 6.45) is 3.49. The van der Waals surface area contributed by atoms with Gasteiger partial charge in [0.15, 0.2) is 0 Å². The van der Waals surface area contributed by atoms with E-state index < -0.39 is 0 Å². The first-order chi connectivity index (χ1) is 5.24. The molecule has 0 radical (unpaired) electrons. The lowest BCUT2D eigenvalue weighted by Gasteiger charge is -2.00. The molecule has 0 heterocycles. The van der Waals surface area contributed by atoms with E-state index in [1.165, 1.54) is 16.7 Å². The van der Waals surface area contributed by atoms with Gasteiger partial charge in [-0.3, -0.25) is 0 Å². The van der Waals surface area contributed by atoms with Crippen LogP contribution in [0.25, 0.3) is 6.08 Å². The quantitative estimate of drug-likeness (QED) is 0.652. The predicted molar refractivity (Wildman–Crippen MR) is 51.3 cm³/mol. The van der Waals surface area contributed by atoms with Gasteiger partial charge in [0, 0.05) is 1.43 Å². The van der Waals surface area contributed by atoms with E-state index in [0.29, 0.717) is 0 Å². The molecule has 0 aromatic heterocycles. The fourth-order valence-corrected chi connectivity index (χ4v) is 1.04. The molecule has 60 valence electrons. The van der Waals surface area contributed by atoms with Crippen LogP contribution in [0, 0.1) is 13.8 Å². The molecule has 0 atom stereocenters. The lowest BCUT2D eigenvalue weighted by molar-refractivity contribution is 1.37. The largest absolute Gasteiger partial charge is 0.405 e. The molecular weight excluding hydrogens is 134 g/mol. The Morgan fingerprint density at radius 1 is 1.36 bits per heavy atom. The Hall–Kier alpha value is -1.24. The van der Waals surface area contributed by atoms with E-state index in [-0.39, 0.29) is 1.43 Å². The van der Waals surface area contributed by atoms with E-state index in [9.17, 15) is 0 Å². The molecule has 0 unspecified atom stereocenters. The van der Waals surface area contributed by atoms with Gasteiger partial charge in [0.05, 0.1) is 0 Å². The third-order valence-electron chi connectivity index (χ3n) is 1.71. The normalized spacial score (nSPS) is 10.7. The van der Waals surface area contributed by atoms with Crippen LogP contribution in [0.2, 0.25) is 0 Å². The van der Waals surface area contributed by atoms with Gasteiger partial charge < -0.3 is 5.73 Å². The number of nitrogens with two attached hydrogens (primary N) is 1. The van der Waals surface area contributed by atoms with Crippen molar-refractivity contribution in [2.24, 2.45) is 5.73 Å². The van der Waals surface area contributed by atoms with Gasteiger partial charge in [-0.1, -0.05) is 23.8 Å². The first-order valence-corrected chi connectivity index (χ1v) is 3.69. The van der Waals surface area contributed by atoms with E-state index in [1.54, 1.807) is 6.20 Å². The average molecular weight is 149 g/mol. The fourth-order valence-electron chi connectivity index (χ4n) is 1.04. The van der Waals surface area contributed by atoms with E-state index in [0.717, 1.165) is 0 Å². The Bertz CT molecular complexity index is 279. The molecule has 2 N–H and O–H groups in total. The van der Waals surface area contributed by atoms with Crippen molar-refractivity contribution in [3.05, 3.63) is 41.1 Å². The molecule has 0 bridgehead atoms. The third-order valence-corrected chi connectivity index (χ3v) is 1.71. The van der Waals surface area contributed by atoms with Crippen LogP contribution in [0.3, 0.4) is 0 Å². The minimum atomic E-state index is 0. The first kappa shape index (κ1) is 7.86. The maximum Gasteiger partial charge on any atom is 0 e. The van der Waals surface area contributed by atoms with Crippen molar-refractivity contribution in [2.45, 2.75) is 13.8 Å². The Kier molecular flexibility index (Phi) is 2.32. The summed E-state index contributed by atoms with van der Waals surface area (Å²) < 4.78 is 0. The van der Waals surface area contributed by atoms with Crippen molar-refractivity contribution in [1.29, 1.82) is 0 Å². The van der Waals surface area contributed by atoms with Crippen LogP contribution in [0.15, 0.2) is 24.4 Å². The van der Waals surface area contributed by atoms with Crippen molar-refractivity contribution < 1.29 is 1.43 Å². The number of hydrogen-bond donors (Lipinski definition) is 1. The Morgan fingerprint density at radius 2 is 2.09 bits per heavy atom. The smallest absolute Gasteiger partial charge is 0 e. The number of rotatable bonds is 1. The summed E-state index contributed by atoms with van der Waals surface area (Å²) in [5.74, 6) is 0.